The molecule has 0 aliphatic heterocycles. The first-order valence-electron chi connectivity index (χ1n) is 4.40. The third-order valence-electron chi connectivity index (χ3n) is 2.06. The number of aromatic nitrogens is 2. The van der Waals surface area contributed by atoms with Gasteiger partial charge in [-0.3, -0.25) is 5.10 Å². The lowest BCUT2D eigenvalue weighted by Crippen LogP contribution is -1.95. The van der Waals surface area contributed by atoms with Crippen molar-refractivity contribution in [1.82, 2.24) is 10.2 Å². The molecule has 1 aromatic heterocycles. The number of halogens is 2. The summed E-state index contributed by atoms with van der Waals surface area (Å²) < 4.78 is 14.3. The van der Waals surface area contributed by atoms with Gasteiger partial charge in [0.15, 0.2) is 0 Å². The molecule has 0 saturated heterocycles. The van der Waals surface area contributed by atoms with Gasteiger partial charge in [-0.15, -0.1) is 0 Å². The van der Waals surface area contributed by atoms with Gasteiger partial charge in [0, 0.05) is 22.3 Å². The van der Waals surface area contributed by atoms with Gasteiger partial charge >= 0.3 is 0 Å². The summed E-state index contributed by atoms with van der Waals surface area (Å²) in [7, 11) is 0. The number of H-pyrrole nitrogens is 1. The van der Waals surface area contributed by atoms with E-state index in [0.29, 0.717) is 17.8 Å². The van der Waals surface area contributed by atoms with Crippen molar-refractivity contribution in [3.05, 3.63) is 40.2 Å². The van der Waals surface area contributed by atoms with E-state index in [2.05, 4.69) is 26.1 Å². The number of nitrogens with two attached hydrogens (primary N) is 1. The monoisotopic (exact) mass is 269 g/mol. The molecule has 78 valence electrons. The minimum atomic E-state index is -0.298. The van der Waals surface area contributed by atoms with Gasteiger partial charge < -0.3 is 5.73 Å². The number of aromatic amines is 1. The number of nitrogens with one attached hydrogen (secondary N) is 1. The van der Waals surface area contributed by atoms with Crippen molar-refractivity contribution in [2.75, 3.05) is 0 Å². The maximum atomic E-state index is 13.5. The van der Waals surface area contributed by atoms with Gasteiger partial charge in [0.25, 0.3) is 0 Å². The van der Waals surface area contributed by atoms with Crippen molar-refractivity contribution in [1.29, 1.82) is 0 Å². The second-order valence-corrected chi connectivity index (χ2v) is 4.02. The third-order valence-corrected chi connectivity index (χ3v) is 2.55. The molecular formula is C10H9BrFN3. The Labute approximate surface area is 94.6 Å². The summed E-state index contributed by atoms with van der Waals surface area (Å²) in [6.07, 6.45) is 0. The molecule has 0 atom stereocenters. The molecule has 0 spiro atoms. The highest BCUT2D eigenvalue weighted by Gasteiger charge is 2.08. The van der Waals surface area contributed by atoms with E-state index in [9.17, 15) is 4.39 Å². The van der Waals surface area contributed by atoms with Crippen molar-refractivity contribution >= 4 is 15.9 Å². The SMILES string of the molecule is NCc1cc(-c2cc(Br)ccc2F)n[nH]1. The van der Waals surface area contributed by atoms with Gasteiger partial charge in [-0.05, 0) is 24.3 Å². The highest BCUT2D eigenvalue weighted by Crippen LogP contribution is 2.24. The molecule has 0 bridgehead atoms. The van der Waals surface area contributed by atoms with E-state index in [0.717, 1.165) is 10.2 Å². The number of benzene rings is 1. The molecule has 2 aromatic rings. The quantitative estimate of drug-likeness (QED) is 0.880. The Morgan fingerprint density at radius 3 is 2.87 bits per heavy atom. The molecule has 2 rings (SSSR count). The van der Waals surface area contributed by atoms with Gasteiger partial charge in [-0.2, -0.15) is 5.10 Å². The van der Waals surface area contributed by atoms with Crippen molar-refractivity contribution < 1.29 is 4.39 Å². The summed E-state index contributed by atoms with van der Waals surface area (Å²) in [5, 5.41) is 6.74. The van der Waals surface area contributed by atoms with Crippen LogP contribution in [-0.2, 0) is 6.54 Å². The molecular weight excluding hydrogens is 261 g/mol. The van der Waals surface area contributed by atoms with Crippen molar-refractivity contribution in [3.8, 4) is 11.3 Å². The zero-order valence-corrected chi connectivity index (χ0v) is 9.38. The standard InChI is InChI=1S/C10H9BrFN3/c11-6-1-2-9(12)8(3-6)10-4-7(5-13)14-15-10/h1-4H,5,13H2,(H,14,15). The Hall–Kier alpha value is -1.20. The summed E-state index contributed by atoms with van der Waals surface area (Å²) in [6, 6.07) is 6.47. The predicted molar refractivity (Wildman–Crippen MR) is 59.6 cm³/mol. The molecule has 3 nitrogen and oxygen atoms in total. The molecule has 0 amide bonds. The van der Waals surface area contributed by atoms with Crippen molar-refractivity contribution in [3.63, 3.8) is 0 Å². The smallest absolute Gasteiger partial charge is 0.132 e. The van der Waals surface area contributed by atoms with Gasteiger partial charge in [0.05, 0.1) is 5.69 Å². The summed E-state index contributed by atoms with van der Waals surface area (Å²) in [5.74, 6) is -0.298. The van der Waals surface area contributed by atoms with E-state index < -0.39 is 0 Å². The van der Waals surface area contributed by atoms with E-state index >= 15 is 0 Å². The molecule has 0 saturated carbocycles. The van der Waals surface area contributed by atoms with E-state index in [1.54, 1.807) is 18.2 Å². The summed E-state index contributed by atoms with van der Waals surface area (Å²) >= 11 is 3.29. The van der Waals surface area contributed by atoms with Gasteiger partial charge in [0.2, 0.25) is 0 Å². The number of rotatable bonds is 2. The van der Waals surface area contributed by atoms with Crippen LogP contribution < -0.4 is 5.73 Å². The van der Waals surface area contributed by atoms with Crippen molar-refractivity contribution in [2.45, 2.75) is 6.54 Å². The zero-order valence-electron chi connectivity index (χ0n) is 7.80. The topological polar surface area (TPSA) is 54.7 Å². The van der Waals surface area contributed by atoms with Crippen LogP contribution in [0.1, 0.15) is 5.69 Å². The Kier molecular flexibility index (Phi) is 2.83. The van der Waals surface area contributed by atoms with Crippen LogP contribution in [0.3, 0.4) is 0 Å². The molecule has 5 heteroatoms. The largest absolute Gasteiger partial charge is 0.325 e. The second kappa shape index (κ2) is 4.12. The van der Waals surface area contributed by atoms with E-state index in [4.69, 9.17) is 5.73 Å². The summed E-state index contributed by atoms with van der Waals surface area (Å²) in [4.78, 5) is 0. The first kappa shape index (κ1) is 10.3. The molecule has 0 unspecified atom stereocenters. The Bertz CT molecular complexity index is 481. The first-order chi connectivity index (χ1) is 7.20. The van der Waals surface area contributed by atoms with Gasteiger partial charge in [-0.1, -0.05) is 15.9 Å². The maximum absolute atomic E-state index is 13.5. The third kappa shape index (κ3) is 2.08. The highest BCUT2D eigenvalue weighted by molar-refractivity contribution is 9.10. The normalized spacial score (nSPS) is 10.6. The fraction of sp³-hybridized carbons (Fsp3) is 0.100. The molecule has 0 radical (unpaired) electrons. The Balaban J connectivity index is 2.48. The average Bonchev–Trinajstić information content (AvgIpc) is 2.70. The van der Waals surface area contributed by atoms with Crippen LogP contribution >= 0.6 is 15.9 Å². The van der Waals surface area contributed by atoms with Crippen LogP contribution in [-0.4, -0.2) is 10.2 Å². The zero-order chi connectivity index (χ0) is 10.8. The predicted octanol–water partition coefficient (Wildman–Crippen LogP) is 2.44. The highest BCUT2D eigenvalue weighted by atomic mass is 79.9. The lowest BCUT2D eigenvalue weighted by molar-refractivity contribution is 0.630. The van der Waals surface area contributed by atoms with Crippen LogP contribution in [0, 0.1) is 5.82 Å². The molecule has 1 heterocycles. The van der Waals surface area contributed by atoms with Crippen molar-refractivity contribution in [2.24, 2.45) is 5.73 Å². The number of hydrogen-bond acceptors (Lipinski definition) is 2. The Morgan fingerprint density at radius 2 is 2.20 bits per heavy atom. The summed E-state index contributed by atoms with van der Waals surface area (Å²) in [5.41, 5.74) is 7.24. The van der Waals surface area contributed by atoms with Crippen LogP contribution in [0.4, 0.5) is 4.39 Å². The fourth-order valence-corrected chi connectivity index (χ4v) is 1.66. The minimum Gasteiger partial charge on any atom is -0.325 e. The molecule has 3 N–H and O–H groups in total. The van der Waals surface area contributed by atoms with Crippen LogP contribution in [0.2, 0.25) is 0 Å². The minimum absolute atomic E-state index is 0.298. The van der Waals surface area contributed by atoms with Gasteiger partial charge in [-0.25, -0.2) is 4.39 Å². The van der Waals surface area contributed by atoms with Crippen LogP contribution in [0.5, 0.6) is 0 Å². The first-order valence-corrected chi connectivity index (χ1v) is 5.20. The van der Waals surface area contributed by atoms with E-state index in [1.807, 2.05) is 0 Å². The molecule has 15 heavy (non-hydrogen) atoms. The lowest BCUT2D eigenvalue weighted by Gasteiger charge is -1.99. The van der Waals surface area contributed by atoms with Gasteiger partial charge in [0.1, 0.15) is 5.82 Å². The second-order valence-electron chi connectivity index (χ2n) is 3.11. The molecule has 0 aliphatic rings. The number of nitrogens with zero attached hydrogens (tertiary/aromatic N) is 1. The number of hydrogen-bond donors (Lipinski definition) is 2. The van der Waals surface area contributed by atoms with E-state index in [-0.39, 0.29) is 5.82 Å². The Morgan fingerprint density at radius 1 is 1.40 bits per heavy atom. The maximum Gasteiger partial charge on any atom is 0.132 e. The lowest BCUT2D eigenvalue weighted by atomic mass is 10.1. The molecule has 0 fully saturated rings. The fourth-order valence-electron chi connectivity index (χ4n) is 1.30. The average molecular weight is 270 g/mol. The molecule has 1 aromatic carbocycles. The van der Waals surface area contributed by atoms with Crippen LogP contribution in [0.25, 0.3) is 11.3 Å². The molecule has 0 aliphatic carbocycles. The van der Waals surface area contributed by atoms with E-state index in [1.165, 1.54) is 6.07 Å². The van der Waals surface area contributed by atoms with Crippen LogP contribution in [0.15, 0.2) is 28.7 Å². The summed E-state index contributed by atoms with van der Waals surface area (Å²) in [6.45, 7) is 0.364.